The molecule has 3 heterocycles. The second-order valence-corrected chi connectivity index (χ2v) is 10.6. The van der Waals surface area contributed by atoms with E-state index in [-0.39, 0.29) is 11.5 Å². The molecule has 5 rings (SSSR count). The number of rotatable bonds is 5. The van der Waals surface area contributed by atoms with Crippen molar-refractivity contribution in [3.05, 3.63) is 71.7 Å². The number of hydrogen-bond donors (Lipinski definition) is 2. The van der Waals surface area contributed by atoms with Crippen molar-refractivity contribution in [3.8, 4) is 11.1 Å². The smallest absolute Gasteiger partial charge is 0.227 e. The summed E-state index contributed by atoms with van der Waals surface area (Å²) in [5, 5.41) is 7.38. The van der Waals surface area contributed by atoms with Crippen molar-refractivity contribution in [2.45, 2.75) is 19.1 Å². The van der Waals surface area contributed by atoms with Crippen molar-refractivity contribution in [1.29, 1.82) is 0 Å². The summed E-state index contributed by atoms with van der Waals surface area (Å²) in [6.45, 7) is 2.61. The number of hydrogen-bond acceptors (Lipinski definition) is 8. The minimum atomic E-state index is -3.08. The standard InChI is InChI=1S/C25H23N5O3S/c1-15-20(13-27-24-22(31)9-10-26-23(15)24)17-5-6-18-12-28-25(30-21(18)11-17)29-19-7-3-16(4-8-19)14-34(2,32)33/h3-8,11-13,26H,9-10,14H2,1-2H3,(H,28,29,30). The molecule has 2 aromatic carbocycles. The molecule has 0 unspecified atom stereocenters. The molecule has 34 heavy (non-hydrogen) atoms. The summed E-state index contributed by atoms with van der Waals surface area (Å²) >= 11 is 0. The van der Waals surface area contributed by atoms with Gasteiger partial charge in [0.1, 0.15) is 5.69 Å². The Morgan fingerprint density at radius 3 is 2.62 bits per heavy atom. The quantitative estimate of drug-likeness (QED) is 0.441. The lowest BCUT2D eigenvalue weighted by Gasteiger charge is -2.20. The number of benzene rings is 2. The van der Waals surface area contributed by atoms with E-state index in [9.17, 15) is 13.2 Å². The molecule has 0 aliphatic carbocycles. The molecule has 0 radical (unpaired) electrons. The maximum atomic E-state index is 12.2. The first-order valence-electron chi connectivity index (χ1n) is 10.8. The van der Waals surface area contributed by atoms with E-state index < -0.39 is 9.84 Å². The minimum Gasteiger partial charge on any atom is -0.383 e. The van der Waals surface area contributed by atoms with Crippen LogP contribution in [-0.2, 0) is 15.6 Å². The highest BCUT2D eigenvalue weighted by Crippen LogP contribution is 2.33. The molecule has 0 bridgehead atoms. The molecule has 1 aliphatic heterocycles. The van der Waals surface area contributed by atoms with Crippen LogP contribution in [0.2, 0.25) is 0 Å². The van der Waals surface area contributed by atoms with E-state index in [0.717, 1.165) is 44.5 Å². The fraction of sp³-hybridized carbons (Fsp3) is 0.200. The van der Waals surface area contributed by atoms with E-state index in [4.69, 9.17) is 0 Å². The highest BCUT2D eigenvalue weighted by Gasteiger charge is 2.22. The fourth-order valence-electron chi connectivity index (χ4n) is 4.11. The van der Waals surface area contributed by atoms with E-state index >= 15 is 0 Å². The third-order valence-corrected chi connectivity index (χ3v) is 6.65. The molecule has 0 saturated heterocycles. The van der Waals surface area contributed by atoms with Gasteiger partial charge in [-0.2, -0.15) is 0 Å². The van der Waals surface area contributed by atoms with E-state index in [2.05, 4.69) is 25.6 Å². The van der Waals surface area contributed by atoms with Crippen LogP contribution in [-0.4, -0.2) is 42.0 Å². The van der Waals surface area contributed by atoms with Crippen molar-refractivity contribution >= 4 is 43.8 Å². The van der Waals surface area contributed by atoms with E-state index in [1.54, 1.807) is 36.7 Å². The largest absolute Gasteiger partial charge is 0.383 e. The second kappa shape index (κ2) is 8.49. The molecule has 2 N–H and O–H groups in total. The Hall–Kier alpha value is -3.85. The summed E-state index contributed by atoms with van der Waals surface area (Å²) in [6.07, 6.45) is 5.18. The summed E-state index contributed by atoms with van der Waals surface area (Å²) in [5.74, 6) is 0.506. The van der Waals surface area contributed by atoms with Gasteiger partial charge < -0.3 is 10.6 Å². The Bertz CT molecular complexity index is 1530. The van der Waals surface area contributed by atoms with Gasteiger partial charge in [0.15, 0.2) is 15.6 Å². The predicted molar refractivity (Wildman–Crippen MR) is 133 cm³/mol. The molecule has 9 heteroatoms. The van der Waals surface area contributed by atoms with Gasteiger partial charge in [-0.3, -0.25) is 9.78 Å². The summed E-state index contributed by atoms with van der Waals surface area (Å²) < 4.78 is 23.0. The molecule has 2 aromatic heterocycles. The Morgan fingerprint density at radius 2 is 1.85 bits per heavy atom. The zero-order chi connectivity index (χ0) is 23.9. The summed E-state index contributed by atoms with van der Waals surface area (Å²) in [6, 6.07) is 13.1. The molecule has 172 valence electrons. The van der Waals surface area contributed by atoms with Crippen LogP contribution in [0.5, 0.6) is 0 Å². The zero-order valence-electron chi connectivity index (χ0n) is 18.8. The third-order valence-electron chi connectivity index (χ3n) is 5.79. The molecule has 0 atom stereocenters. The first-order valence-corrected chi connectivity index (χ1v) is 12.9. The van der Waals surface area contributed by atoms with Crippen LogP contribution in [0.15, 0.2) is 54.9 Å². The normalized spacial score (nSPS) is 13.4. The van der Waals surface area contributed by atoms with Gasteiger partial charge in [0.2, 0.25) is 5.95 Å². The number of ketones is 1. The van der Waals surface area contributed by atoms with Crippen molar-refractivity contribution in [2.24, 2.45) is 0 Å². The van der Waals surface area contributed by atoms with Crippen molar-refractivity contribution in [1.82, 2.24) is 15.0 Å². The van der Waals surface area contributed by atoms with Crippen LogP contribution in [0, 0.1) is 6.92 Å². The highest BCUT2D eigenvalue weighted by atomic mass is 32.2. The van der Waals surface area contributed by atoms with Crippen molar-refractivity contribution in [2.75, 3.05) is 23.4 Å². The van der Waals surface area contributed by atoms with Gasteiger partial charge in [-0.25, -0.2) is 18.4 Å². The number of fused-ring (bicyclic) bond motifs is 2. The number of nitrogens with zero attached hydrogens (tertiary/aromatic N) is 3. The lowest BCUT2D eigenvalue weighted by Crippen LogP contribution is -2.20. The Labute approximate surface area is 197 Å². The average molecular weight is 474 g/mol. The minimum absolute atomic E-state index is 0.00315. The molecule has 4 aromatic rings. The SMILES string of the molecule is Cc1c(-c2ccc3cnc(Nc4ccc(CS(C)(=O)=O)cc4)nc3c2)cnc2c1NCCC2=O. The number of sulfone groups is 1. The third kappa shape index (κ3) is 4.47. The Balaban J connectivity index is 1.44. The summed E-state index contributed by atoms with van der Waals surface area (Å²) in [5.41, 5.74) is 6.44. The molecule has 0 fully saturated rings. The summed E-state index contributed by atoms with van der Waals surface area (Å²) in [4.78, 5) is 25.7. The number of pyridine rings is 1. The van der Waals surface area contributed by atoms with Gasteiger partial charge in [0, 0.05) is 48.3 Å². The maximum Gasteiger partial charge on any atom is 0.227 e. The van der Waals surface area contributed by atoms with Gasteiger partial charge in [-0.05, 0) is 41.8 Å². The Kier molecular flexibility index (Phi) is 5.49. The van der Waals surface area contributed by atoms with Crippen LogP contribution in [0.4, 0.5) is 17.3 Å². The zero-order valence-corrected chi connectivity index (χ0v) is 19.6. The van der Waals surface area contributed by atoms with E-state index in [1.807, 2.05) is 25.1 Å². The van der Waals surface area contributed by atoms with E-state index in [1.165, 1.54) is 6.26 Å². The molecule has 1 aliphatic rings. The molecular formula is C25H23N5O3S. The van der Waals surface area contributed by atoms with Crippen molar-refractivity contribution in [3.63, 3.8) is 0 Å². The van der Waals surface area contributed by atoms with Gasteiger partial charge in [0.05, 0.1) is 17.0 Å². The summed E-state index contributed by atoms with van der Waals surface area (Å²) in [7, 11) is -3.08. The molecule has 0 amide bonds. The number of nitrogens with one attached hydrogen (secondary N) is 2. The number of aromatic nitrogens is 3. The highest BCUT2D eigenvalue weighted by molar-refractivity contribution is 7.89. The van der Waals surface area contributed by atoms with Gasteiger partial charge >= 0.3 is 0 Å². The monoisotopic (exact) mass is 473 g/mol. The maximum absolute atomic E-state index is 12.2. The second-order valence-electron chi connectivity index (χ2n) is 8.48. The molecule has 8 nitrogen and oxygen atoms in total. The molecule has 0 saturated carbocycles. The van der Waals surface area contributed by atoms with Crippen LogP contribution in [0.3, 0.4) is 0 Å². The fourth-order valence-corrected chi connectivity index (χ4v) is 4.91. The molecule has 0 spiro atoms. The van der Waals surface area contributed by atoms with Crippen molar-refractivity contribution < 1.29 is 13.2 Å². The lowest BCUT2D eigenvalue weighted by atomic mass is 9.96. The first-order chi connectivity index (χ1) is 16.3. The van der Waals surface area contributed by atoms with Crippen LogP contribution in [0.25, 0.3) is 22.0 Å². The number of anilines is 3. The lowest BCUT2D eigenvalue weighted by molar-refractivity contribution is 0.0978. The first kappa shape index (κ1) is 22.0. The van der Waals surface area contributed by atoms with Crippen LogP contribution >= 0.6 is 0 Å². The number of Topliss-reactive ketones (excluding diaryl/α,β-unsaturated/α-hetero) is 1. The van der Waals surface area contributed by atoms with E-state index in [0.29, 0.717) is 24.6 Å². The number of carbonyl (C=O) groups is 1. The van der Waals surface area contributed by atoms with Crippen LogP contribution < -0.4 is 10.6 Å². The molecular weight excluding hydrogens is 450 g/mol. The average Bonchev–Trinajstić information content (AvgIpc) is 2.80. The Morgan fingerprint density at radius 1 is 1.06 bits per heavy atom. The predicted octanol–water partition coefficient (Wildman–Crippen LogP) is 4.29. The topological polar surface area (TPSA) is 114 Å². The van der Waals surface area contributed by atoms with Gasteiger partial charge in [0.25, 0.3) is 0 Å². The van der Waals surface area contributed by atoms with Gasteiger partial charge in [-0.1, -0.05) is 24.3 Å². The van der Waals surface area contributed by atoms with Crippen LogP contribution in [0.1, 0.15) is 28.0 Å². The number of carbonyl (C=O) groups excluding carboxylic acids is 1. The van der Waals surface area contributed by atoms with Gasteiger partial charge in [-0.15, -0.1) is 0 Å².